The van der Waals surface area contributed by atoms with Gasteiger partial charge in [-0.25, -0.2) is 0 Å². The maximum absolute atomic E-state index is 8.43. The zero-order valence-corrected chi connectivity index (χ0v) is 8.53. The minimum Gasteiger partial charge on any atom is -0.391 e. The number of ether oxygens (including phenoxy) is 1. The Morgan fingerprint density at radius 2 is 2.14 bits per heavy atom. The fraction of sp³-hybridized carbons (Fsp3) is 1.00. The van der Waals surface area contributed by atoms with Crippen molar-refractivity contribution in [1.29, 1.82) is 0 Å². The molecular weight excluding hydrogens is 287 g/mol. The van der Waals surface area contributed by atoms with Crippen LogP contribution in [0.5, 0.6) is 0 Å². The van der Waals surface area contributed by atoms with Crippen LogP contribution in [0.4, 0.5) is 0 Å². The molecule has 0 aromatic carbocycles. The van der Waals surface area contributed by atoms with Crippen molar-refractivity contribution < 1.29 is 9.84 Å². The maximum atomic E-state index is 8.43. The van der Waals surface area contributed by atoms with Crippen LogP contribution < -0.4 is 0 Å². The van der Waals surface area contributed by atoms with E-state index in [0.717, 1.165) is 0 Å². The van der Waals surface area contributed by atoms with E-state index in [2.05, 4.69) is 4.74 Å². The van der Waals surface area contributed by atoms with E-state index in [1.165, 1.54) is 0 Å². The molecule has 0 saturated heterocycles. The van der Waals surface area contributed by atoms with Crippen LogP contribution in [0.3, 0.4) is 0 Å². The van der Waals surface area contributed by atoms with E-state index in [9.17, 15) is 0 Å². The Morgan fingerprint density at radius 1 is 1.71 bits per heavy atom. The third-order valence-corrected chi connectivity index (χ3v) is 0.408. The fourth-order valence-corrected chi connectivity index (χ4v) is 0.241. The Morgan fingerprint density at radius 3 is 2.14 bits per heavy atom. The van der Waals surface area contributed by atoms with Crippen LogP contribution in [0.1, 0.15) is 6.92 Å². The van der Waals surface area contributed by atoms with Crippen LogP contribution in [-0.2, 0) is 4.74 Å². The fourth-order valence-electron chi connectivity index (χ4n) is 0.241. The third kappa shape index (κ3) is 10.9. The smallest absolute Gasteiger partial charge is 0.0745 e. The van der Waals surface area contributed by atoms with Gasteiger partial charge in [0.1, 0.15) is 0 Å². The Kier molecular flexibility index (Phi) is 10.5. The van der Waals surface area contributed by atoms with Gasteiger partial charge in [-0.2, -0.15) is 0 Å². The summed E-state index contributed by atoms with van der Waals surface area (Å²) in [5.41, 5.74) is 0. The van der Waals surface area contributed by atoms with Crippen LogP contribution in [-0.4, -0.2) is 52.2 Å². The molecule has 1 unspecified atom stereocenters. The van der Waals surface area contributed by atoms with Crippen molar-refractivity contribution in [2.75, 3.05) is 13.7 Å². The molecule has 0 aliphatic rings. The second kappa shape index (κ2) is 6.84. The predicted molar refractivity (Wildman–Crippen MR) is 29.3 cm³/mol. The second-order valence-corrected chi connectivity index (χ2v) is 1.30. The van der Waals surface area contributed by atoms with E-state index in [1.54, 1.807) is 14.0 Å². The molecule has 0 saturated carbocycles. The predicted octanol–water partition coefficient (Wildman–Crippen LogP) is -0.367. The van der Waals surface area contributed by atoms with Crippen molar-refractivity contribution in [3.8, 4) is 0 Å². The Labute approximate surface area is 64.0 Å². The zero-order chi connectivity index (χ0) is 4.99. The van der Waals surface area contributed by atoms with E-state index in [1.807, 2.05) is 0 Å². The summed E-state index contributed by atoms with van der Waals surface area (Å²) in [4.78, 5) is 0. The number of aliphatic hydroxyl groups excluding tert-OH is 1. The van der Waals surface area contributed by atoms with Crippen LogP contribution in [0.25, 0.3) is 0 Å². The van der Waals surface area contributed by atoms with Gasteiger partial charge >= 0.3 is 0 Å². The summed E-state index contributed by atoms with van der Waals surface area (Å²) in [6, 6.07) is 0. The molecule has 0 fully saturated rings. The first kappa shape index (κ1) is 10.8. The SMILES string of the molecule is COCC(C)O.[Pb]. The summed E-state index contributed by atoms with van der Waals surface area (Å²) in [5, 5.41) is 8.43. The van der Waals surface area contributed by atoms with Gasteiger partial charge in [-0.3, -0.25) is 0 Å². The number of rotatable bonds is 2. The summed E-state index contributed by atoms with van der Waals surface area (Å²) < 4.78 is 4.55. The van der Waals surface area contributed by atoms with Crippen molar-refractivity contribution in [2.45, 2.75) is 13.0 Å². The number of aliphatic hydroxyl groups is 1. The van der Waals surface area contributed by atoms with E-state index < -0.39 is 0 Å². The van der Waals surface area contributed by atoms with Gasteiger partial charge in [0.2, 0.25) is 0 Å². The number of hydrogen-bond acceptors (Lipinski definition) is 2. The van der Waals surface area contributed by atoms with Crippen molar-refractivity contribution in [1.82, 2.24) is 0 Å². The molecule has 7 heavy (non-hydrogen) atoms. The molecule has 4 radical (unpaired) electrons. The van der Waals surface area contributed by atoms with Gasteiger partial charge in [0.05, 0.1) is 12.7 Å². The molecule has 1 N–H and O–H groups in total. The third-order valence-electron chi connectivity index (χ3n) is 0.408. The number of hydrogen-bond donors (Lipinski definition) is 1. The molecule has 3 heteroatoms. The standard InChI is InChI=1S/C4H10O2.Pb/c1-4(5)3-6-2;/h4-5H,3H2,1-2H3;. The van der Waals surface area contributed by atoms with Crippen molar-refractivity contribution in [3.63, 3.8) is 0 Å². The average molecular weight is 297 g/mol. The van der Waals surface area contributed by atoms with Crippen LogP contribution in [0, 0.1) is 0 Å². The minimum absolute atomic E-state index is 0. The largest absolute Gasteiger partial charge is 0.391 e. The molecule has 0 aliphatic heterocycles. The Bertz CT molecular complexity index is 30.9. The summed E-state index contributed by atoms with van der Waals surface area (Å²) in [6.45, 7) is 2.11. The Balaban J connectivity index is 0. The first-order valence-electron chi connectivity index (χ1n) is 1.94. The molecule has 1 atom stereocenters. The van der Waals surface area contributed by atoms with Gasteiger partial charge < -0.3 is 9.84 Å². The zero-order valence-electron chi connectivity index (χ0n) is 4.64. The van der Waals surface area contributed by atoms with E-state index in [4.69, 9.17) is 5.11 Å². The van der Waals surface area contributed by atoms with Crippen molar-refractivity contribution in [3.05, 3.63) is 0 Å². The van der Waals surface area contributed by atoms with Crippen molar-refractivity contribution in [2.24, 2.45) is 0 Å². The quantitative estimate of drug-likeness (QED) is 0.705. The molecular formula is C4H10O2Pb. The summed E-state index contributed by atoms with van der Waals surface area (Å²) in [7, 11) is 1.56. The summed E-state index contributed by atoms with van der Waals surface area (Å²) in [6.07, 6.45) is -0.324. The monoisotopic (exact) mass is 298 g/mol. The van der Waals surface area contributed by atoms with E-state index >= 15 is 0 Å². The van der Waals surface area contributed by atoms with Gasteiger partial charge in [-0.05, 0) is 6.92 Å². The van der Waals surface area contributed by atoms with Crippen LogP contribution in [0.2, 0.25) is 0 Å². The molecule has 0 spiro atoms. The van der Waals surface area contributed by atoms with Gasteiger partial charge in [-0.15, -0.1) is 0 Å². The second-order valence-electron chi connectivity index (χ2n) is 1.30. The molecule has 0 aromatic heterocycles. The molecule has 0 aromatic rings. The first-order valence-corrected chi connectivity index (χ1v) is 1.94. The summed E-state index contributed by atoms with van der Waals surface area (Å²) in [5.74, 6) is 0. The van der Waals surface area contributed by atoms with Crippen LogP contribution >= 0.6 is 0 Å². The minimum atomic E-state index is -0.324. The maximum Gasteiger partial charge on any atom is 0.0745 e. The number of methoxy groups -OCH3 is 1. The average Bonchev–Trinajstić information content (AvgIpc) is 1.35. The Hall–Kier alpha value is 0.842. The van der Waals surface area contributed by atoms with Crippen LogP contribution in [0.15, 0.2) is 0 Å². The molecule has 2 nitrogen and oxygen atoms in total. The summed E-state index contributed by atoms with van der Waals surface area (Å²) >= 11 is 0. The molecule has 42 valence electrons. The van der Waals surface area contributed by atoms with E-state index in [0.29, 0.717) is 6.61 Å². The normalized spacial score (nSPS) is 12.4. The first-order chi connectivity index (χ1) is 2.77. The van der Waals surface area contributed by atoms with Gasteiger partial charge in [-0.1, -0.05) is 0 Å². The van der Waals surface area contributed by atoms with Crippen molar-refractivity contribution >= 4 is 27.3 Å². The van der Waals surface area contributed by atoms with Gasteiger partial charge in [0, 0.05) is 34.4 Å². The topological polar surface area (TPSA) is 29.5 Å². The van der Waals surface area contributed by atoms with Gasteiger partial charge in [0.15, 0.2) is 0 Å². The molecule has 0 rings (SSSR count). The molecule has 0 aliphatic carbocycles. The molecule has 0 amide bonds. The van der Waals surface area contributed by atoms with Gasteiger partial charge in [0.25, 0.3) is 0 Å². The van der Waals surface area contributed by atoms with E-state index in [-0.39, 0.29) is 33.4 Å². The molecule has 0 bridgehead atoms. The molecule has 0 heterocycles.